The number of esters is 1. The summed E-state index contributed by atoms with van der Waals surface area (Å²) < 4.78 is 10.3. The number of anilines is 1. The van der Waals surface area contributed by atoms with Crippen LogP contribution in [0.2, 0.25) is 0 Å². The summed E-state index contributed by atoms with van der Waals surface area (Å²) in [4.78, 5) is 14.6. The van der Waals surface area contributed by atoms with Crippen molar-refractivity contribution < 1.29 is 14.3 Å². The van der Waals surface area contributed by atoms with Crippen molar-refractivity contribution in [1.82, 2.24) is 5.32 Å². The van der Waals surface area contributed by atoms with Gasteiger partial charge in [-0.25, -0.2) is 4.79 Å². The lowest BCUT2D eigenvalue weighted by Crippen LogP contribution is -2.48. The van der Waals surface area contributed by atoms with Gasteiger partial charge in [-0.3, -0.25) is 4.90 Å². The fraction of sp³-hybridized carbons (Fsp3) is 0.273. The number of hydrogen-bond acceptors (Lipinski definition) is 4. The highest BCUT2D eigenvalue weighted by Crippen LogP contribution is 2.36. The molecule has 0 unspecified atom stereocenters. The van der Waals surface area contributed by atoms with Gasteiger partial charge in [-0.15, -0.1) is 0 Å². The summed E-state index contributed by atoms with van der Waals surface area (Å²) in [6.45, 7) is 5.95. The average Bonchev–Trinajstić information content (AvgIpc) is 2.69. The van der Waals surface area contributed by atoms with Gasteiger partial charge < -0.3 is 14.8 Å². The van der Waals surface area contributed by atoms with Gasteiger partial charge in [0.25, 0.3) is 0 Å². The van der Waals surface area contributed by atoms with Crippen molar-refractivity contribution in [3.8, 4) is 5.75 Å². The maximum atomic E-state index is 12.7. The van der Waals surface area contributed by atoms with Crippen molar-refractivity contribution in [3.05, 3.63) is 70.4 Å². The molecule has 0 saturated heterocycles. The van der Waals surface area contributed by atoms with Crippen LogP contribution >= 0.6 is 12.2 Å². The first-order valence-electron chi connectivity index (χ1n) is 8.98. The van der Waals surface area contributed by atoms with Gasteiger partial charge in [-0.2, -0.15) is 0 Å². The second-order valence-corrected chi connectivity index (χ2v) is 7.15. The summed E-state index contributed by atoms with van der Waals surface area (Å²) in [5.41, 5.74) is 5.34. The quantitative estimate of drug-likeness (QED) is 0.618. The molecule has 0 amide bonds. The molecule has 0 bridgehead atoms. The highest BCUT2D eigenvalue weighted by Gasteiger charge is 2.35. The van der Waals surface area contributed by atoms with E-state index in [1.54, 1.807) is 7.11 Å². The number of carbonyl (C=O) groups excluding carboxylic acids is 1. The van der Waals surface area contributed by atoms with E-state index >= 15 is 0 Å². The Labute approximate surface area is 170 Å². The minimum Gasteiger partial charge on any atom is -0.497 e. The van der Waals surface area contributed by atoms with Crippen LogP contribution in [-0.2, 0) is 9.53 Å². The topological polar surface area (TPSA) is 50.8 Å². The number of allylic oxidation sites excluding steroid dienone is 1. The SMILES string of the molecule is COC(=O)C1=C(C)N(c2ccc(OC)cc2)C(=S)N[C@H]1c1cc(C)ccc1C. The molecule has 1 N–H and O–H groups in total. The molecule has 0 aliphatic carbocycles. The molecule has 28 heavy (non-hydrogen) atoms. The van der Waals surface area contributed by atoms with Crippen molar-refractivity contribution in [3.63, 3.8) is 0 Å². The van der Waals surface area contributed by atoms with Crippen LogP contribution in [0.1, 0.15) is 29.7 Å². The molecule has 1 atom stereocenters. The maximum Gasteiger partial charge on any atom is 0.337 e. The van der Waals surface area contributed by atoms with Crippen molar-refractivity contribution in [2.24, 2.45) is 0 Å². The molecule has 2 aromatic rings. The van der Waals surface area contributed by atoms with Crippen LogP contribution < -0.4 is 15.0 Å². The number of nitrogens with zero attached hydrogens (tertiary/aromatic N) is 1. The van der Waals surface area contributed by atoms with Gasteiger partial charge in [0.1, 0.15) is 5.75 Å². The van der Waals surface area contributed by atoms with Crippen LogP contribution in [0, 0.1) is 13.8 Å². The number of aryl methyl sites for hydroxylation is 2. The summed E-state index contributed by atoms with van der Waals surface area (Å²) in [6.07, 6.45) is 0. The highest BCUT2D eigenvalue weighted by molar-refractivity contribution is 7.80. The molecule has 1 aliphatic rings. The second-order valence-electron chi connectivity index (χ2n) is 6.77. The van der Waals surface area contributed by atoms with E-state index < -0.39 is 0 Å². The first-order valence-corrected chi connectivity index (χ1v) is 9.39. The second kappa shape index (κ2) is 8.02. The van der Waals surface area contributed by atoms with E-state index in [-0.39, 0.29) is 12.0 Å². The number of nitrogens with one attached hydrogen (secondary N) is 1. The standard InChI is InChI=1S/C22H24N2O3S/c1-13-6-7-14(2)18(12-13)20-19(21(25)27-5)15(3)24(22(28)23-20)16-8-10-17(26-4)11-9-16/h6-12,20H,1-5H3,(H,23,28)/t20-/m0/s1. The first-order chi connectivity index (χ1) is 13.4. The summed E-state index contributed by atoms with van der Waals surface area (Å²) in [7, 11) is 3.02. The smallest absolute Gasteiger partial charge is 0.337 e. The van der Waals surface area contributed by atoms with Gasteiger partial charge >= 0.3 is 5.97 Å². The molecular formula is C22H24N2O3S. The lowest BCUT2D eigenvalue weighted by Gasteiger charge is -2.38. The van der Waals surface area contributed by atoms with Crippen LogP contribution in [0.15, 0.2) is 53.7 Å². The van der Waals surface area contributed by atoms with Crippen molar-refractivity contribution in [2.45, 2.75) is 26.8 Å². The predicted molar refractivity (Wildman–Crippen MR) is 115 cm³/mol. The molecule has 0 fully saturated rings. The number of hydrogen-bond donors (Lipinski definition) is 1. The fourth-order valence-electron chi connectivity index (χ4n) is 3.46. The van der Waals surface area contributed by atoms with E-state index in [1.165, 1.54) is 7.11 Å². The lowest BCUT2D eigenvalue weighted by molar-refractivity contribution is -0.136. The van der Waals surface area contributed by atoms with Gasteiger partial charge in [-0.1, -0.05) is 23.8 Å². The Morgan fingerprint density at radius 1 is 1.07 bits per heavy atom. The summed E-state index contributed by atoms with van der Waals surface area (Å²) in [6, 6.07) is 13.4. The Bertz CT molecular complexity index is 951. The number of rotatable bonds is 4. The Hall–Kier alpha value is -2.86. The fourth-order valence-corrected chi connectivity index (χ4v) is 3.82. The molecule has 0 radical (unpaired) electrons. The van der Waals surface area contributed by atoms with Crippen LogP contribution in [0.4, 0.5) is 5.69 Å². The Balaban J connectivity index is 2.14. The lowest BCUT2D eigenvalue weighted by atomic mass is 9.91. The van der Waals surface area contributed by atoms with E-state index in [9.17, 15) is 4.79 Å². The van der Waals surface area contributed by atoms with Crippen LogP contribution in [0.25, 0.3) is 0 Å². The molecule has 0 spiro atoms. The zero-order chi connectivity index (χ0) is 20.4. The molecule has 3 rings (SSSR count). The summed E-state index contributed by atoms with van der Waals surface area (Å²) >= 11 is 5.67. The minimum atomic E-state index is -0.378. The zero-order valence-electron chi connectivity index (χ0n) is 16.7. The van der Waals surface area contributed by atoms with E-state index in [0.717, 1.165) is 33.8 Å². The minimum absolute atomic E-state index is 0.366. The Kier molecular flexibility index (Phi) is 5.70. The van der Waals surface area contributed by atoms with Crippen molar-refractivity contribution in [2.75, 3.05) is 19.1 Å². The van der Waals surface area contributed by atoms with E-state index in [1.807, 2.05) is 49.9 Å². The summed E-state index contributed by atoms with van der Waals surface area (Å²) in [5, 5.41) is 3.87. The van der Waals surface area contributed by atoms with Gasteiger partial charge in [-0.05, 0) is 68.4 Å². The maximum absolute atomic E-state index is 12.7. The number of methoxy groups -OCH3 is 2. The van der Waals surface area contributed by atoms with Crippen molar-refractivity contribution in [1.29, 1.82) is 0 Å². The van der Waals surface area contributed by atoms with Crippen LogP contribution in [0.5, 0.6) is 5.75 Å². The Morgan fingerprint density at radius 3 is 2.36 bits per heavy atom. The number of ether oxygens (including phenoxy) is 2. The van der Waals surface area contributed by atoms with E-state index in [4.69, 9.17) is 21.7 Å². The summed E-state index contributed by atoms with van der Waals surface area (Å²) in [5.74, 6) is 0.375. The van der Waals surface area contributed by atoms with Crippen LogP contribution in [-0.4, -0.2) is 25.3 Å². The molecule has 5 nitrogen and oxygen atoms in total. The van der Waals surface area contributed by atoms with E-state index in [0.29, 0.717) is 10.7 Å². The number of carbonyl (C=O) groups is 1. The van der Waals surface area contributed by atoms with Gasteiger partial charge in [0, 0.05) is 11.4 Å². The average molecular weight is 397 g/mol. The highest BCUT2D eigenvalue weighted by atomic mass is 32.1. The normalized spacial score (nSPS) is 16.7. The molecule has 1 heterocycles. The number of benzene rings is 2. The first kappa shape index (κ1) is 19.9. The van der Waals surface area contributed by atoms with Crippen LogP contribution in [0.3, 0.4) is 0 Å². The predicted octanol–water partition coefficient (Wildman–Crippen LogP) is 4.19. The largest absolute Gasteiger partial charge is 0.497 e. The van der Waals surface area contributed by atoms with Crippen molar-refractivity contribution >= 4 is 29.0 Å². The monoisotopic (exact) mass is 396 g/mol. The molecule has 1 aliphatic heterocycles. The molecule has 0 aromatic heterocycles. The third kappa shape index (κ3) is 3.60. The molecule has 6 heteroatoms. The van der Waals surface area contributed by atoms with E-state index in [2.05, 4.69) is 23.5 Å². The third-order valence-corrected chi connectivity index (χ3v) is 5.27. The van der Waals surface area contributed by atoms with Gasteiger partial charge in [0.05, 0.1) is 25.8 Å². The third-order valence-electron chi connectivity index (χ3n) is 4.97. The molecule has 146 valence electrons. The molecule has 0 saturated carbocycles. The zero-order valence-corrected chi connectivity index (χ0v) is 17.5. The number of thiocarbonyl (C=S) groups is 1. The van der Waals surface area contributed by atoms with Gasteiger partial charge in [0.2, 0.25) is 0 Å². The molecule has 2 aromatic carbocycles. The Morgan fingerprint density at radius 2 is 1.75 bits per heavy atom. The van der Waals surface area contributed by atoms with Gasteiger partial charge in [0.15, 0.2) is 5.11 Å². The molecular weight excluding hydrogens is 372 g/mol.